The van der Waals surface area contributed by atoms with Gasteiger partial charge in [0.25, 0.3) is 0 Å². The lowest BCUT2D eigenvalue weighted by Crippen LogP contribution is -2.22. The second kappa shape index (κ2) is 6.91. The van der Waals surface area contributed by atoms with Crippen LogP contribution in [0.4, 0.5) is 0 Å². The Balaban J connectivity index is 2.38. The van der Waals surface area contributed by atoms with Crippen molar-refractivity contribution in [2.24, 2.45) is 0 Å². The lowest BCUT2D eigenvalue weighted by molar-refractivity contribution is -0.130. The predicted octanol–water partition coefficient (Wildman–Crippen LogP) is 5.11. The van der Waals surface area contributed by atoms with Crippen molar-refractivity contribution >= 4 is 17.6 Å². The fraction of sp³-hybridized carbons (Fsp3) is 0.286. The minimum Gasteiger partial charge on any atom is -0.488 e. The van der Waals surface area contributed by atoms with Gasteiger partial charge >= 0.3 is 5.97 Å². The minimum atomic E-state index is -0.932. The summed E-state index contributed by atoms with van der Waals surface area (Å²) >= 11 is 0. The molecule has 0 aromatic heterocycles. The molecule has 0 unspecified atom stereocenters. The summed E-state index contributed by atoms with van der Waals surface area (Å²) in [5.41, 5.74) is 3.59. The molecule has 0 spiro atoms. The molecule has 0 aliphatic heterocycles. The van der Waals surface area contributed by atoms with E-state index in [1.165, 1.54) is 0 Å². The van der Waals surface area contributed by atoms with Crippen LogP contribution in [0.25, 0.3) is 11.6 Å². The molecule has 0 fully saturated rings. The molecule has 0 bridgehead atoms. The van der Waals surface area contributed by atoms with Crippen LogP contribution in [-0.2, 0) is 4.79 Å². The van der Waals surface area contributed by atoms with Crippen molar-refractivity contribution in [1.29, 1.82) is 0 Å². The predicted molar refractivity (Wildman–Crippen MR) is 98.2 cm³/mol. The van der Waals surface area contributed by atoms with E-state index in [-0.39, 0.29) is 5.60 Å². The summed E-state index contributed by atoms with van der Waals surface area (Å²) in [6.07, 6.45) is 1.70. The van der Waals surface area contributed by atoms with Crippen LogP contribution in [0, 0.1) is 13.8 Å². The van der Waals surface area contributed by atoms with Gasteiger partial charge in [-0.2, -0.15) is 0 Å². The van der Waals surface area contributed by atoms with Crippen LogP contribution in [0.2, 0.25) is 0 Å². The number of carboxylic acid groups (broad SMARTS) is 1. The molecule has 0 aliphatic carbocycles. The number of carboxylic acids is 1. The molecule has 0 aliphatic rings. The van der Waals surface area contributed by atoms with Crippen molar-refractivity contribution in [3.63, 3.8) is 0 Å². The van der Waals surface area contributed by atoms with E-state index in [2.05, 4.69) is 0 Å². The van der Waals surface area contributed by atoms with E-state index >= 15 is 0 Å². The van der Waals surface area contributed by atoms with Crippen LogP contribution in [0.3, 0.4) is 0 Å². The van der Waals surface area contributed by atoms with Gasteiger partial charge in [0.15, 0.2) is 0 Å². The third kappa shape index (κ3) is 4.72. The van der Waals surface area contributed by atoms with Crippen LogP contribution in [0.15, 0.2) is 42.5 Å². The number of aliphatic carboxylic acids is 1. The van der Waals surface area contributed by atoms with Crippen LogP contribution < -0.4 is 4.74 Å². The number of aryl methyl sites for hydroxylation is 2. The van der Waals surface area contributed by atoms with Crippen molar-refractivity contribution in [2.75, 3.05) is 0 Å². The van der Waals surface area contributed by atoms with Crippen molar-refractivity contribution < 1.29 is 14.6 Å². The Labute approximate surface area is 143 Å². The molecular formula is C21H24O3. The average molecular weight is 324 g/mol. The molecule has 0 radical (unpaired) electrons. The lowest BCUT2D eigenvalue weighted by atomic mass is 9.96. The molecule has 0 saturated carbocycles. The summed E-state index contributed by atoms with van der Waals surface area (Å²) in [5, 5.41) is 9.62. The molecule has 2 rings (SSSR count). The Bertz CT molecular complexity index is 763. The zero-order valence-electron chi connectivity index (χ0n) is 14.9. The highest BCUT2D eigenvalue weighted by Crippen LogP contribution is 2.25. The van der Waals surface area contributed by atoms with Gasteiger partial charge < -0.3 is 9.84 Å². The fourth-order valence-electron chi connectivity index (χ4n) is 2.43. The van der Waals surface area contributed by atoms with Crippen molar-refractivity contribution in [3.05, 3.63) is 64.7 Å². The summed E-state index contributed by atoms with van der Waals surface area (Å²) in [6.45, 7) is 9.85. The SMILES string of the molecule is Cc1ccc(C)c(/C(=C/c2ccc(OC(C)(C)C)cc2)C(=O)O)c1. The first-order valence-corrected chi connectivity index (χ1v) is 7.97. The molecule has 1 N–H and O–H groups in total. The van der Waals surface area contributed by atoms with E-state index in [0.29, 0.717) is 5.57 Å². The average Bonchev–Trinajstić information content (AvgIpc) is 2.47. The maximum absolute atomic E-state index is 11.7. The quantitative estimate of drug-likeness (QED) is 0.628. The van der Waals surface area contributed by atoms with Crippen LogP contribution in [0.5, 0.6) is 5.75 Å². The van der Waals surface area contributed by atoms with E-state index < -0.39 is 5.97 Å². The van der Waals surface area contributed by atoms with Gasteiger partial charge in [-0.15, -0.1) is 0 Å². The van der Waals surface area contributed by atoms with Crippen LogP contribution in [-0.4, -0.2) is 16.7 Å². The number of hydrogen-bond donors (Lipinski definition) is 1. The van der Waals surface area contributed by atoms with Crippen molar-refractivity contribution in [2.45, 2.75) is 40.2 Å². The monoisotopic (exact) mass is 324 g/mol. The highest BCUT2D eigenvalue weighted by molar-refractivity contribution is 6.21. The van der Waals surface area contributed by atoms with E-state index in [1.807, 2.05) is 77.1 Å². The highest BCUT2D eigenvalue weighted by atomic mass is 16.5. The van der Waals surface area contributed by atoms with Gasteiger partial charge in [-0.3, -0.25) is 0 Å². The first-order chi connectivity index (χ1) is 11.2. The molecule has 2 aromatic rings. The van der Waals surface area contributed by atoms with E-state index in [9.17, 15) is 9.90 Å². The second-order valence-corrected chi connectivity index (χ2v) is 6.97. The number of benzene rings is 2. The van der Waals surface area contributed by atoms with Gasteiger partial charge in [-0.05, 0) is 69.5 Å². The first-order valence-electron chi connectivity index (χ1n) is 7.97. The van der Waals surface area contributed by atoms with Crippen molar-refractivity contribution in [3.8, 4) is 5.75 Å². The Kier molecular flexibility index (Phi) is 5.13. The van der Waals surface area contributed by atoms with Crippen LogP contribution >= 0.6 is 0 Å². The van der Waals surface area contributed by atoms with Crippen LogP contribution in [0.1, 0.15) is 43.0 Å². The Morgan fingerprint density at radius 3 is 2.21 bits per heavy atom. The molecule has 0 saturated heterocycles. The van der Waals surface area contributed by atoms with Gasteiger partial charge in [0.1, 0.15) is 11.4 Å². The number of carbonyl (C=O) groups is 1. The third-order valence-electron chi connectivity index (χ3n) is 3.53. The topological polar surface area (TPSA) is 46.5 Å². The molecule has 0 heterocycles. The summed E-state index contributed by atoms with van der Waals surface area (Å²) in [7, 11) is 0. The largest absolute Gasteiger partial charge is 0.488 e. The zero-order chi connectivity index (χ0) is 17.9. The molecular weight excluding hydrogens is 300 g/mol. The molecule has 2 aromatic carbocycles. The van der Waals surface area contributed by atoms with E-state index in [4.69, 9.17) is 4.74 Å². The molecule has 3 nitrogen and oxygen atoms in total. The first kappa shape index (κ1) is 17.8. The summed E-state index contributed by atoms with van der Waals surface area (Å²) in [4.78, 5) is 11.7. The zero-order valence-corrected chi connectivity index (χ0v) is 14.9. The molecule has 126 valence electrons. The third-order valence-corrected chi connectivity index (χ3v) is 3.53. The van der Waals surface area contributed by atoms with Gasteiger partial charge in [0.2, 0.25) is 0 Å². The summed E-state index contributed by atoms with van der Waals surface area (Å²) in [6, 6.07) is 13.3. The van der Waals surface area contributed by atoms with Gasteiger partial charge in [-0.25, -0.2) is 4.79 Å². The molecule has 0 amide bonds. The second-order valence-electron chi connectivity index (χ2n) is 6.97. The van der Waals surface area contributed by atoms with Gasteiger partial charge in [0.05, 0.1) is 5.57 Å². The summed E-state index contributed by atoms with van der Waals surface area (Å²) < 4.78 is 5.79. The smallest absolute Gasteiger partial charge is 0.336 e. The highest BCUT2D eigenvalue weighted by Gasteiger charge is 2.14. The Morgan fingerprint density at radius 1 is 1.04 bits per heavy atom. The van der Waals surface area contributed by atoms with Crippen molar-refractivity contribution in [1.82, 2.24) is 0 Å². The number of ether oxygens (including phenoxy) is 1. The molecule has 0 atom stereocenters. The summed E-state index contributed by atoms with van der Waals surface area (Å²) in [5.74, 6) is -0.165. The fourth-order valence-corrected chi connectivity index (χ4v) is 2.43. The van der Waals surface area contributed by atoms with Gasteiger partial charge in [-0.1, -0.05) is 35.9 Å². The Morgan fingerprint density at radius 2 is 1.67 bits per heavy atom. The normalized spacial score (nSPS) is 12.1. The van der Waals surface area contributed by atoms with E-state index in [0.717, 1.165) is 28.0 Å². The molecule has 3 heteroatoms. The number of hydrogen-bond acceptors (Lipinski definition) is 2. The maximum atomic E-state index is 11.7. The lowest BCUT2D eigenvalue weighted by Gasteiger charge is -2.21. The van der Waals surface area contributed by atoms with E-state index in [1.54, 1.807) is 6.08 Å². The standard InChI is InChI=1S/C21H24O3/c1-14-6-7-15(2)18(12-14)19(20(22)23)13-16-8-10-17(11-9-16)24-21(3,4)5/h6-13H,1-5H3,(H,22,23)/b19-13-. The van der Waals surface area contributed by atoms with Gasteiger partial charge in [0, 0.05) is 0 Å². The minimum absolute atomic E-state index is 0.262. The molecule has 24 heavy (non-hydrogen) atoms. The maximum Gasteiger partial charge on any atom is 0.336 e. The Hall–Kier alpha value is -2.55. The number of rotatable bonds is 4.